The third-order valence-electron chi connectivity index (χ3n) is 4.95. The molecule has 1 fully saturated rings. The Bertz CT molecular complexity index is 909. The maximum atomic E-state index is 13.2. The van der Waals surface area contributed by atoms with Crippen molar-refractivity contribution in [1.29, 1.82) is 0 Å². The molecule has 4 nitrogen and oxygen atoms in total. The lowest BCUT2D eigenvalue weighted by molar-refractivity contribution is -0.125. The molecule has 27 heavy (non-hydrogen) atoms. The predicted molar refractivity (Wildman–Crippen MR) is 108 cm³/mol. The number of nitrogens with one attached hydrogen (secondary N) is 1. The van der Waals surface area contributed by atoms with E-state index in [4.69, 9.17) is 4.98 Å². The first-order valence-electron chi connectivity index (χ1n) is 9.32. The van der Waals surface area contributed by atoms with E-state index in [1.54, 1.807) is 17.4 Å². The number of nitrogens with zero attached hydrogens (tertiary/aromatic N) is 2. The minimum absolute atomic E-state index is 0.0294. The molecule has 1 N–H and O–H groups in total. The van der Waals surface area contributed by atoms with Crippen LogP contribution in [-0.4, -0.2) is 30.5 Å². The first-order chi connectivity index (χ1) is 13.2. The Labute approximate surface area is 162 Å². The number of carbonyl (C=O) groups excluding carboxylic acids is 1. The molecule has 2 aromatic carbocycles. The average Bonchev–Trinajstić information content (AvgIpc) is 3.12. The zero-order chi connectivity index (χ0) is 18.6. The quantitative estimate of drug-likeness (QED) is 0.724. The molecule has 1 atom stereocenters. The van der Waals surface area contributed by atoms with Crippen LogP contribution in [0, 0.1) is 11.7 Å². The molecule has 2 heterocycles. The van der Waals surface area contributed by atoms with Crippen molar-refractivity contribution in [1.82, 2.24) is 10.3 Å². The van der Waals surface area contributed by atoms with Gasteiger partial charge in [-0.05, 0) is 49.1 Å². The second-order valence-corrected chi connectivity index (χ2v) is 7.93. The maximum absolute atomic E-state index is 13.2. The largest absolute Gasteiger partial charge is 0.355 e. The predicted octanol–water partition coefficient (Wildman–Crippen LogP) is 4.01. The van der Waals surface area contributed by atoms with Gasteiger partial charge in [0, 0.05) is 19.6 Å². The molecule has 0 radical (unpaired) electrons. The summed E-state index contributed by atoms with van der Waals surface area (Å²) in [7, 11) is 0. The van der Waals surface area contributed by atoms with Gasteiger partial charge in [0.15, 0.2) is 5.13 Å². The van der Waals surface area contributed by atoms with Gasteiger partial charge in [0.25, 0.3) is 0 Å². The van der Waals surface area contributed by atoms with E-state index >= 15 is 0 Å². The Kier molecular flexibility index (Phi) is 5.34. The summed E-state index contributed by atoms with van der Waals surface area (Å²) in [5.74, 6) is -0.187. The lowest BCUT2D eigenvalue weighted by Crippen LogP contribution is -2.43. The van der Waals surface area contributed by atoms with E-state index in [1.807, 2.05) is 24.3 Å². The van der Waals surface area contributed by atoms with Gasteiger partial charge in [0.2, 0.25) is 5.91 Å². The molecule has 0 aliphatic carbocycles. The summed E-state index contributed by atoms with van der Waals surface area (Å²) in [4.78, 5) is 19.5. The SMILES string of the molecule is O=C(NCCc1cccc(F)c1)[C@H]1CCCN(c2nc3ccccc3s2)C1. The fourth-order valence-corrected chi connectivity index (χ4v) is 4.53. The third kappa shape index (κ3) is 4.27. The van der Waals surface area contributed by atoms with Crippen molar-refractivity contribution < 1.29 is 9.18 Å². The van der Waals surface area contributed by atoms with E-state index in [0.29, 0.717) is 19.5 Å². The van der Waals surface area contributed by atoms with Crippen LogP contribution in [0.25, 0.3) is 10.2 Å². The molecule has 6 heteroatoms. The Morgan fingerprint density at radius 3 is 3.00 bits per heavy atom. The molecular formula is C21H22FN3OS. The number of para-hydroxylation sites is 1. The van der Waals surface area contributed by atoms with Crippen LogP contribution >= 0.6 is 11.3 Å². The maximum Gasteiger partial charge on any atom is 0.224 e. The minimum Gasteiger partial charge on any atom is -0.355 e. The molecule has 140 valence electrons. The zero-order valence-corrected chi connectivity index (χ0v) is 15.8. The van der Waals surface area contributed by atoms with Gasteiger partial charge in [0.05, 0.1) is 16.1 Å². The van der Waals surface area contributed by atoms with Gasteiger partial charge in [0.1, 0.15) is 5.82 Å². The molecule has 1 saturated heterocycles. The normalized spacial score (nSPS) is 17.2. The van der Waals surface area contributed by atoms with Gasteiger partial charge in [-0.3, -0.25) is 4.79 Å². The van der Waals surface area contributed by atoms with Crippen molar-refractivity contribution in [2.24, 2.45) is 5.92 Å². The van der Waals surface area contributed by atoms with E-state index in [9.17, 15) is 9.18 Å². The highest BCUT2D eigenvalue weighted by Gasteiger charge is 2.27. The summed E-state index contributed by atoms with van der Waals surface area (Å²) in [6.07, 6.45) is 2.52. The van der Waals surface area contributed by atoms with Crippen LogP contribution in [0.3, 0.4) is 0 Å². The van der Waals surface area contributed by atoms with Crippen molar-refractivity contribution in [3.8, 4) is 0 Å². The lowest BCUT2D eigenvalue weighted by Gasteiger charge is -2.31. The number of rotatable bonds is 5. The topological polar surface area (TPSA) is 45.2 Å². The molecule has 1 amide bonds. The molecule has 1 aromatic heterocycles. The minimum atomic E-state index is -0.238. The van der Waals surface area contributed by atoms with E-state index in [1.165, 1.54) is 16.8 Å². The highest BCUT2D eigenvalue weighted by molar-refractivity contribution is 7.22. The number of amides is 1. The standard InChI is InChI=1S/C21H22FN3OS/c22-17-7-3-5-15(13-17)10-11-23-20(26)16-6-4-12-25(14-16)21-24-18-8-1-2-9-19(18)27-21/h1-3,5,7-9,13,16H,4,6,10-12,14H2,(H,23,26)/t16-/m0/s1. The highest BCUT2D eigenvalue weighted by atomic mass is 32.1. The number of aromatic nitrogens is 1. The van der Waals surface area contributed by atoms with Crippen molar-refractivity contribution >= 4 is 32.6 Å². The Morgan fingerprint density at radius 1 is 1.26 bits per heavy atom. The summed E-state index contributed by atoms with van der Waals surface area (Å²) in [6.45, 7) is 2.17. The molecule has 1 aliphatic rings. The highest BCUT2D eigenvalue weighted by Crippen LogP contribution is 2.31. The lowest BCUT2D eigenvalue weighted by atomic mass is 9.97. The molecule has 0 unspecified atom stereocenters. The van der Waals surface area contributed by atoms with Gasteiger partial charge >= 0.3 is 0 Å². The smallest absolute Gasteiger partial charge is 0.224 e. The third-order valence-corrected chi connectivity index (χ3v) is 6.04. The fourth-order valence-electron chi connectivity index (χ4n) is 3.53. The fraction of sp³-hybridized carbons (Fsp3) is 0.333. The van der Waals surface area contributed by atoms with Crippen molar-refractivity contribution in [3.05, 3.63) is 59.9 Å². The summed E-state index contributed by atoms with van der Waals surface area (Å²) in [5.41, 5.74) is 1.91. The van der Waals surface area contributed by atoms with Crippen LogP contribution in [0.5, 0.6) is 0 Å². The number of anilines is 1. The molecule has 1 aliphatic heterocycles. The number of fused-ring (bicyclic) bond motifs is 1. The number of hydrogen-bond acceptors (Lipinski definition) is 4. The molecule has 0 bridgehead atoms. The van der Waals surface area contributed by atoms with Gasteiger partial charge in [-0.2, -0.15) is 0 Å². The van der Waals surface area contributed by atoms with E-state index in [-0.39, 0.29) is 17.6 Å². The number of thiazole rings is 1. The Balaban J connectivity index is 1.34. The number of benzene rings is 2. The van der Waals surface area contributed by atoms with Gasteiger partial charge in [-0.25, -0.2) is 9.37 Å². The molecule has 3 aromatic rings. The van der Waals surface area contributed by atoms with Crippen LogP contribution in [-0.2, 0) is 11.2 Å². The molecule has 4 rings (SSSR count). The number of carbonyl (C=O) groups is 1. The first kappa shape index (κ1) is 17.9. The Morgan fingerprint density at radius 2 is 2.15 bits per heavy atom. The molecule has 0 spiro atoms. The van der Waals surface area contributed by atoms with Crippen LogP contribution < -0.4 is 10.2 Å². The van der Waals surface area contributed by atoms with E-state index < -0.39 is 0 Å². The second-order valence-electron chi connectivity index (χ2n) is 6.92. The number of piperidine rings is 1. The molecule has 0 saturated carbocycles. The van der Waals surface area contributed by atoms with Crippen molar-refractivity contribution in [3.63, 3.8) is 0 Å². The van der Waals surface area contributed by atoms with Crippen LogP contribution in [0.4, 0.5) is 9.52 Å². The first-order valence-corrected chi connectivity index (χ1v) is 10.1. The summed E-state index contributed by atoms with van der Waals surface area (Å²) in [6, 6.07) is 14.6. The number of halogens is 1. The second kappa shape index (κ2) is 8.05. The van der Waals surface area contributed by atoms with Crippen LogP contribution in [0.2, 0.25) is 0 Å². The van der Waals surface area contributed by atoms with Gasteiger partial charge in [-0.15, -0.1) is 0 Å². The summed E-state index contributed by atoms with van der Waals surface area (Å²) >= 11 is 1.68. The van der Waals surface area contributed by atoms with Gasteiger partial charge < -0.3 is 10.2 Å². The molecular weight excluding hydrogens is 361 g/mol. The summed E-state index contributed by atoms with van der Waals surface area (Å²) in [5, 5.41) is 4.01. The Hall–Kier alpha value is -2.47. The average molecular weight is 383 g/mol. The zero-order valence-electron chi connectivity index (χ0n) is 15.0. The van der Waals surface area contributed by atoms with E-state index in [0.717, 1.165) is 35.6 Å². The summed E-state index contributed by atoms with van der Waals surface area (Å²) < 4.78 is 14.4. The van der Waals surface area contributed by atoms with Gasteiger partial charge in [-0.1, -0.05) is 35.6 Å². The number of hydrogen-bond donors (Lipinski definition) is 1. The van der Waals surface area contributed by atoms with Crippen molar-refractivity contribution in [2.45, 2.75) is 19.3 Å². The van der Waals surface area contributed by atoms with Crippen LogP contribution in [0.1, 0.15) is 18.4 Å². The van der Waals surface area contributed by atoms with E-state index in [2.05, 4.69) is 16.3 Å². The monoisotopic (exact) mass is 383 g/mol. The van der Waals surface area contributed by atoms with Crippen molar-refractivity contribution in [2.75, 3.05) is 24.5 Å². The van der Waals surface area contributed by atoms with Crippen LogP contribution in [0.15, 0.2) is 48.5 Å².